The Morgan fingerprint density at radius 2 is 2.20 bits per heavy atom. The predicted molar refractivity (Wildman–Crippen MR) is 77.6 cm³/mol. The van der Waals surface area contributed by atoms with Gasteiger partial charge >= 0.3 is 0 Å². The normalized spacial score (nSPS) is 11.3. The van der Waals surface area contributed by atoms with Crippen LogP contribution in [-0.2, 0) is 6.54 Å². The van der Waals surface area contributed by atoms with Crippen LogP contribution in [0.2, 0.25) is 5.02 Å². The lowest BCUT2D eigenvalue weighted by Gasteiger charge is -2.10. The first-order chi connectivity index (χ1) is 9.49. The molecule has 0 unspecified atom stereocenters. The number of nitrogens with one attached hydrogen (secondary N) is 1. The van der Waals surface area contributed by atoms with Crippen molar-refractivity contribution in [2.45, 2.75) is 27.3 Å². The average Bonchev–Trinajstić information content (AvgIpc) is 2.71. The van der Waals surface area contributed by atoms with Gasteiger partial charge in [0.1, 0.15) is 0 Å². The second-order valence-corrected chi connectivity index (χ2v) is 5.55. The Balaban J connectivity index is 2.23. The number of rotatable bonds is 5. The second-order valence-electron chi connectivity index (χ2n) is 5.14. The van der Waals surface area contributed by atoms with Crippen molar-refractivity contribution >= 4 is 11.6 Å². The molecule has 0 amide bonds. The fourth-order valence-electron chi connectivity index (χ4n) is 1.81. The Hall–Kier alpha value is -1.46. The van der Waals surface area contributed by atoms with E-state index in [-0.39, 0.29) is 11.6 Å². The van der Waals surface area contributed by atoms with E-state index in [2.05, 4.69) is 29.2 Å². The quantitative estimate of drug-likeness (QED) is 0.922. The molecular weight excluding hydrogens is 279 g/mol. The summed E-state index contributed by atoms with van der Waals surface area (Å²) in [6, 6.07) is 1.67. The standard InChI is InChI=1S/C14H18ClFN4/c1-9(2)6-17-7-11-4-5-18-14(13(11)16)20-8-12(15)10(3)19-20/h4-5,8-9,17H,6-7H2,1-3H3. The predicted octanol–water partition coefficient (Wildman–Crippen LogP) is 3.11. The fourth-order valence-corrected chi connectivity index (χ4v) is 1.94. The molecule has 2 aromatic rings. The first-order valence-corrected chi connectivity index (χ1v) is 6.93. The van der Waals surface area contributed by atoms with E-state index in [4.69, 9.17) is 11.6 Å². The van der Waals surface area contributed by atoms with Gasteiger partial charge in [0.05, 0.1) is 16.9 Å². The molecule has 0 aliphatic heterocycles. The SMILES string of the molecule is Cc1nn(-c2nccc(CNCC(C)C)c2F)cc1Cl. The molecule has 0 radical (unpaired) electrons. The summed E-state index contributed by atoms with van der Waals surface area (Å²) in [5.41, 5.74) is 1.22. The van der Waals surface area contributed by atoms with E-state index < -0.39 is 0 Å². The monoisotopic (exact) mass is 296 g/mol. The molecule has 2 heterocycles. The highest BCUT2D eigenvalue weighted by molar-refractivity contribution is 6.31. The molecule has 2 aromatic heterocycles. The van der Waals surface area contributed by atoms with Crippen LogP contribution in [0, 0.1) is 18.7 Å². The van der Waals surface area contributed by atoms with E-state index in [1.165, 1.54) is 4.68 Å². The molecule has 0 fully saturated rings. The number of nitrogens with zero attached hydrogens (tertiary/aromatic N) is 3. The fraction of sp³-hybridized carbons (Fsp3) is 0.429. The van der Waals surface area contributed by atoms with Crippen molar-refractivity contribution in [3.05, 3.63) is 40.6 Å². The molecular formula is C14H18ClFN4. The molecule has 0 saturated heterocycles. The van der Waals surface area contributed by atoms with Crippen LogP contribution >= 0.6 is 11.6 Å². The molecule has 0 aliphatic carbocycles. The highest BCUT2D eigenvalue weighted by atomic mass is 35.5. The minimum Gasteiger partial charge on any atom is -0.312 e. The lowest BCUT2D eigenvalue weighted by molar-refractivity contribution is 0.529. The maximum Gasteiger partial charge on any atom is 0.190 e. The smallest absolute Gasteiger partial charge is 0.190 e. The van der Waals surface area contributed by atoms with Crippen LogP contribution in [0.5, 0.6) is 0 Å². The number of hydrogen-bond acceptors (Lipinski definition) is 3. The zero-order valence-corrected chi connectivity index (χ0v) is 12.6. The minimum atomic E-state index is -0.372. The molecule has 0 bridgehead atoms. The molecule has 4 nitrogen and oxygen atoms in total. The van der Waals surface area contributed by atoms with E-state index in [1.54, 1.807) is 25.4 Å². The van der Waals surface area contributed by atoms with Gasteiger partial charge in [0.15, 0.2) is 11.6 Å². The molecule has 0 aliphatic rings. The molecule has 1 N–H and O–H groups in total. The second kappa shape index (κ2) is 6.33. The van der Waals surface area contributed by atoms with Gasteiger partial charge in [0.25, 0.3) is 0 Å². The summed E-state index contributed by atoms with van der Waals surface area (Å²) in [5, 5.41) is 7.86. The number of halogens is 2. The van der Waals surface area contributed by atoms with Crippen molar-refractivity contribution in [2.24, 2.45) is 5.92 Å². The first kappa shape index (κ1) is 14.9. The topological polar surface area (TPSA) is 42.7 Å². The number of aromatic nitrogens is 3. The number of aryl methyl sites for hydroxylation is 1. The number of hydrogen-bond donors (Lipinski definition) is 1. The van der Waals surface area contributed by atoms with Crippen LogP contribution in [0.4, 0.5) is 4.39 Å². The van der Waals surface area contributed by atoms with Crippen LogP contribution in [0.3, 0.4) is 0 Å². The van der Waals surface area contributed by atoms with Crippen molar-refractivity contribution in [3.63, 3.8) is 0 Å². The third-order valence-electron chi connectivity index (χ3n) is 2.87. The van der Waals surface area contributed by atoms with Gasteiger partial charge in [0, 0.05) is 18.3 Å². The van der Waals surface area contributed by atoms with Crippen LogP contribution in [0.15, 0.2) is 18.5 Å². The molecule has 0 spiro atoms. The van der Waals surface area contributed by atoms with Crippen molar-refractivity contribution in [1.82, 2.24) is 20.1 Å². The Labute approximate surface area is 123 Å². The van der Waals surface area contributed by atoms with Crippen LogP contribution in [0.25, 0.3) is 5.82 Å². The Morgan fingerprint density at radius 3 is 2.80 bits per heavy atom. The van der Waals surface area contributed by atoms with Crippen molar-refractivity contribution < 1.29 is 4.39 Å². The first-order valence-electron chi connectivity index (χ1n) is 6.55. The maximum atomic E-state index is 14.4. The van der Waals surface area contributed by atoms with Crippen molar-refractivity contribution in [1.29, 1.82) is 0 Å². The largest absolute Gasteiger partial charge is 0.312 e. The molecule has 6 heteroatoms. The van der Waals surface area contributed by atoms with Crippen molar-refractivity contribution in [2.75, 3.05) is 6.54 Å². The van der Waals surface area contributed by atoms with E-state index in [0.717, 1.165) is 6.54 Å². The zero-order valence-electron chi connectivity index (χ0n) is 11.8. The summed E-state index contributed by atoms with van der Waals surface area (Å²) < 4.78 is 15.8. The van der Waals surface area contributed by atoms with Gasteiger partial charge in [-0.3, -0.25) is 0 Å². The Bertz CT molecular complexity index is 575. The average molecular weight is 297 g/mol. The molecule has 2 rings (SSSR count). The molecule has 0 saturated carbocycles. The van der Waals surface area contributed by atoms with Crippen LogP contribution in [0.1, 0.15) is 25.1 Å². The summed E-state index contributed by atoms with van der Waals surface area (Å²) in [6.07, 6.45) is 3.14. The molecule has 20 heavy (non-hydrogen) atoms. The van der Waals surface area contributed by atoms with Gasteiger partial charge in [-0.1, -0.05) is 25.4 Å². The third kappa shape index (κ3) is 3.35. The summed E-state index contributed by atoms with van der Waals surface area (Å²) in [5.74, 6) is 0.318. The van der Waals surface area contributed by atoms with Crippen LogP contribution < -0.4 is 5.32 Å². The number of pyridine rings is 1. The van der Waals surface area contributed by atoms with Gasteiger partial charge in [-0.15, -0.1) is 0 Å². The lowest BCUT2D eigenvalue weighted by atomic mass is 10.2. The van der Waals surface area contributed by atoms with E-state index in [1.807, 2.05) is 0 Å². The summed E-state index contributed by atoms with van der Waals surface area (Å²) in [7, 11) is 0. The highest BCUT2D eigenvalue weighted by Crippen LogP contribution is 2.18. The molecule has 0 atom stereocenters. The van der Waals surface area contributed by atoms with Gasteiger partial charge in [0.2, 0.25) is 0 Å². The van der Waals surface area contributed by atoms with E-state index in [9.17, 15) is 4.39 Å². The molecule has 0 aromatic carbocycles. The van der Waals surface area contributed by atoms with Crippen molar-refractivity contribution in [3.8, 4) is 5.82 Å². The Morgan fingerprint density at radius 1 is 1.45 bits per heavy atom. The summed E-state index contributed by atoms with van der Waals surface area (Å²) in [4.78, 5) is 4.05. The Kier molecular flexibility index (Phi) is 4.73. The summed E-state index contributed by atoms with van der Waals surface area (Å²) >= 11 is 5.94. The maximum absolute atomic E-state index is 14.4. The summed E-state index contributed by atoms with van der Waals surface area (Å²) in [6.45, 7) is 7.29. The third-order valence-corrected chi connectivity index (χ3v) is 3.25. The van der Waals surface area contributed by atoms with Gasteiger partial charge in [-0.2, -0.15) is 5.10 Å². The lowest BCUT2D eigenvalue weighted by Crippen LogP contribution is -2.20. The van der Waals surface area contributed by atoms with E-state index in [0.29, 0.717) is 28.7 Å². The van der Waals surface area contributed by atoms with Gasteiger partial charge in [-0.05, 0) is 25.5 Å². The molecule has 108 valence electrons. The zero-order chi connectivity index (χ0) is 14.7. The van der Waals surface area contributed by atoms with Gasteiger partial charge < -0.3 is 5.32 Å². The van der Waals surface area contributed by atoms with Crippen LogP contribution in [-0.4, -0.2) is 21.3 Å². The highest BCUT2D eigenvalue weighted by Gasteiger charge is 2.13. The van der Waals surface area contributed by atoms with Gasteiger partial charge in [-0.25, -0.2) is 14.1 Å². The minimum absolute atomic E-state index is 0.170. The van der Waals surface area contributed by atoms with E-state index >= 15 is 0 Å².